The van der Waals surface area contributed by atoms with E-state index in [1.165, 1.54) is 0 Å². The molecule has 3 aromatic heterocycles. The van der Waals surface area contributed by atoms with Crippen molar-refractivity contribution in [2.45, 2.75) is 17.8 Å². The van der Waals surface area contributed by atoms with Crippen LogP contribution in [-0.2, 0) is 12.8 Å². The second kappa shape index (κ2) is 4.93. The summed E-state index contributed by atoms with van der Waals surface area (Å²) in [4.78, 5) is 0. The molecule has 3 aromatic rings. The van der Waals surface area contributed by atoms with Gasteiger partial charge in [0.15, 0.2) is 16.7 Å². The SMILES string of the molecule is Cc1cc(CSc2nnc(-c3ccco3)n2C)no1. The number of aryl methyl sites for hydroxylation is 1. The van der Waals surface area contributed by atoms with Crippen molar-refractivity contribution in [2.75, 3.05) is 0 Å². The van der Waals surface area contributed by atoms with Gasteiger partial charge in [0.1, 0.15) is 5.76 Å². The molecule has 19 heavy (non-hydrogen) atoms. The van der Waals surface area contributed by atoms with E-state index in [2.05, 4.69) is 15.4 Å². The lowest BCUT2D eigenvalue weighted by Gasteiger charge is -2.00. The highest BCUT2D eigenvalue weighted by Gasteiger charge is 2.13. The molecule has 0 amide bonds. The van der Waals surface area contributed by atoms with E-state index in [0.29, 0.717) is 17.3 Å². The lowest BCUT2D eigenvalue weighted by molar-refractivity contribution is 0.393. The van der Waals surface area contributed by atoms with E-state index in [9.17, 15) is 0 Å². The van der Waals surface area contributed by atoms with Crippen LogP contribution in [0.25, 0.3) is 11.6 Å². The molecule has 0 saturated carbocycles. The first-order valence-corrected chi connectivity index (χ1v) is 6.71. The second-order valence-corrected chi connectivity index (χ2v) is 5.00. The van der Waals surface area contributed by atoms with Gasteiger partial charge in [-0.25, -0.2) is 0 Å². The summed E-state index contributed by atoms with van der Waals surface area (Å²) in [6.45, 7) is 1.87. The summed E-state index contributed by atoms with van der Waals surface area (Å²) in [5, 5.41) is 13.0. The molecular weight excluding hydrogens is 264 g/mol. The van der Waals surface area contributed by atoms with Crippen molar-refractivity contribution >= 4 is 11.8 Å². The highest BCUT2D eigenvalue weighted by Crippen LogP contribution is 2.25. The minimum Gasteiger partial charge on any atom is -0.461 e. The first-order valence-electron chi connectivity index (χ1n) is 5.72. The Balaban J connectivity index is 1.75. The predicted molar refractivity (Wildman–Crippen MR) is 69.5 cm³/mol. The van der Waals surface area contributed by atoms with Gasteiger partial charge < -0.3 is 13.5 Å². The monoisotopic (exact) mass is 276 g/mol. The van der Waals surface area contributed by atoms with Crippen LogP contribution in [0, 0.1) is 6.92 Å². The van der Waals surface area contributed by atoms with E-state index < -0.39 is 0 Å². The topological polar surface area (TPSA) is 69.9 Å². The van der Waals surface area contributed by atoms with Crippen molar-refractivity contribution in [1.29, 1.82) is 0 Å². The summed E-state index contributed by atoms with van der Waals surface area (Å²) < 4.78 is 12.2. The first kappa shape index (κ1) is 12.0. The maximum Gasteiger partial charge on any atom is 0.200 e. The van der Waals surface area contributed by atoms with Gasteiger partial charge in [0.25, 0.3) is 0 Å². The molecule has 0 aliphatic carbocycles. The summed E-state index contributed by atoms with van der Waals surface area (Å²) in [5.74, 6) is 2.93. The third kappa shape index (κ3) is 2.41. The number of furan rings is 1. The molecule has 0 atom stereocenters. The van der Waals surface area contributed by atoms with E-state index in [0.717, 1.165) is 16.6 Å². The molecule has 0 fully saturated rings. The Morgan fingerprint density at radius 1 is 1.37 bits per heavy atom. The number of thioether (sulfide) groups is 1. The molecule has 98 valence electrons. The molecule has 0 unspecified atom stereocenters. The van der Waals surface area contributed by atoms with Crippen LogP contribution in [0.4, 0.5) is 0 Å². The van der Waals surface area contributed by atoms with E-state index in [-0.39, 0.29) is 0 Å². The molecular formula is C12H12N4O2S. The fourth-order valence-corrected chi connectivity index (χ4v) is 2.48. The van der Waals surface area contributed by atoms with Gasteiger partial charge in [-0.15, -0.1) is 10.2 Å². The number of aromatic nitrogens is 4. The zero-order valence-corrected chi connectivity index (χ0v) is 11.3. The lowest BCUT2D eigenvalue weighted by Crippen LogP contribution is -1.94. The van der Waals surface area contributed by atoms with Crippen molar-refractivity contribution in [3.63, 3.8) is 0 Å². The smallest absolute Gasteiger partial charge is 0.200 e. The van der Waals surface area contributed by atoms with Crippen LogP contribution in [0.2, 0.25) is 0 Å². The molecule has 0 aromatic carbocycles. The summed E-state index contributed by atoms with van der Waals surface area (Å²) >= 11 is 1.56. The van der Waals surface area contributed by atoms with Gasteiger partial charge in [0.2, 0.25) is 0 Å². The Kier molecular flexibility index (Phi) is 3.12. The maximum absolute atomic E-state index is 5.32. The predicted octanol–water partition coefficient (Wildman–Crippen LogP) is 2.66. The molecule has 0 aliphatic rings. The Bertz CT molecular complexity index is 672. The highest BCUT2D eigenvalue weighted by molar-refractivity contribution is 7.98. The second-order valence-electron chi connectivity index (χ2n) is 4.06. The summed E-state index contributed by atoms with van der Waals surface area (Å²) in [6, 6.07) is 5.60. The van der Waals surface area contributed by atoms with E-state index in [1.54, 1.807) is 18.0 Å². The normalized spacial score (nSPS) is 11.1. The molecule has 7 heteroatoms. The van der Waals surface area contributed by atoms with Crippen LogP contribution in [0.1, 0.15) is 11.5 Å². The average molecular weight is 276 g/mol. The van der Waals surface area contributed by atoms with Gasteiger partial charge in [0, 0.05) is 18.9 Å². The largest absolute Gasteiger partial charge is 0.461 e. The molecule has 0 N–H and O–H groups in total. The molecule has 6 nitrogen and oxygen atoms in total. The highest BCUT2D eigenvalue weighted by atomic mass is 32.2. The Labute approximate surface area is 113 Å². The van der Waals surface area contributed by atoms with Gasteiger partial charge in [-0.3, -0.25) is 0 Å². The fourth-order valence-electron chi connectivity index (χ4n) is 1.69. The van der Waals surface area contributed by atoms with Crippen molar-refractivity contribution in [3.05, 3.63) is 35.9 Å². The van der Waals surface area contributed by atoms with Crippen LogP contribution < -0.4 is 0 Å². The first-order chi connectivity index (χ1) is 9.24. The summed E-state index contributed by atoms with van der Waals surface area (Å²) in [7, 11) is 1.91. The zero-order chi connectivity index (χ0) is 13.2. The zero-order valence-electron chi connectivity index (χ0n) is 10.5. The van der Waals surface area contributed by atoms with Crippen LogP contribution in [0.3, 0.4) is 0 Å². The summed E-state index contributed by atoms with van der Waals surface area (Å²) in [5.41, 5.74) is 0.894. The van der Waals surface area contributed by atoms with Gasteiger partial charge in [-0.1, -0.05) is 16.9 Å². The standard InChI is InChI=1S/C12H12N4O2S/c1-8-6-9(15-18-8)7-19-12-14-13-11(16(12)2)10-4-3-5-17-10/h3-6H,7H2,1-2H3. The lowest BCUT2D eigenvalue weighted by atomic mass is 10.4. The molecule has 0 radical (unpaired) electrons. The van der Waals surface area contributed by atoms with Gasteiger partial charge >= 0.3 is 0 Å². The van der Waals surface area contributed by atoms with E-state index >= 15 is 0 Å². The third-order valence-electron chi connectivity index (χ3n) is 2.60. The Hall–Kier alpha value is -2.02. The van der Waals surface area contributed by atoms with E-state index in [4.69, 9.17) is 8.94 Å². The van der Waals surface area contributed by atoms with Crippen LogP contribution in [0.5, 0.6) is 0 Å². The van der Waals surface area contributed by atoms with E-state index in [1.807, 2.05) is 36.7 Å². The average Bonchev–Trinajstić information content (AvgIpc) is 3.09. The molecule has 0 spiro atoms. The Morgan fingerprint density at radius 3 is 2.95 bits per heavy atom. The van der Waals surface area contributed by atoms with Crippen molar-refractivity contribution in [3.8, 4) is 11.6 Å². The van der Waals surface area contributed by atoms with Crippen LogP contribution in [-0.4, -0.2) is 19.9 Å². The minimum absolute atomic E-state index is 0.696. The quantitative estimate of drug-likeness (QED) is 0.682. The minimum atomic E-state index is 0.696. The number of hydrogen-bond donors (Lipinski definition) is 0. The third-order valence-corrected chi connectivity index (χ3v) is 3.66. The molecule has 3 heterocycles. The van der Waals surface area contributed by atoms with Crippen molar-refractivity contribution in [2.24, 2.45) is 7.05 Å². The van der Waals surface area contributed by atoms with Gasteiger partial charge in [-0.05, 0) is 19.1 Å². The molecule has 0 saturated heterocycles. The van der Waals surface area contributed by atoms with Gasteiger partial charge in [0.05, 0.1) is 12.0 Å². The van der Waals surface area contributed by atoms with Crippen molar-refractivity contribution < 1.29 is 8.94 Å². The van der Waals surface area contributed by atoms with Gasteiger partial charge in [-0.2, -0.15) is 0 Å². The van der Waals surface area contributed by atoms with Crippen molar-refractivity contribution in [1.82, 2.24) is 19.9 Å². The molecule has 0 bridgehead atoms. The molecule has 3 rings (SSSR count). The maximum atomic E-state index is 5.32. The van der Waals surface area contributed by atoms with Crippen LogP contribution >= 0.6 is 11.8 Å². The summed E-state index contributed by atoms with van der Waals surface area (Å²) in [6.07, 6.45) is 1.62. The number of rotatable bonds is 4. The Morgan fingerprint density at radius 2 is 2.26 bits per heavy atom. The van der Waals surface area contributed by atoms with Crippen LogP contribution in [0.15, 0.2) is 38.6 Å². The number of hydrogen-bond acceptors (Lipinski definition) is 6. The molecule has 0 aliphatic heterocycles. The fraction of sp³-hybridized carbons (Fsp3) is 0.250. The number of nitrogens with zero attached hydrogens (tertiary/aromatic N) is 4.